The van der Waals surface area contributed by atoms with Crippen molar-refractivity contribution in [2.45, 2.75) is 32.8 Å². The van der Waals surface area contributed by atoms with Gasteiger partial charge in [-0.3, -0.25) is 4.79 Å². The topological polar surface area (TPSA) is 65.7 Å². The highest BCUT2D eigenvalue weighted by Crippen LogP contribution is 2.35. The van der Waals surface area contributed by atoms with Gasteiger partial charge in [0.15, 0.2) is 11.5 Å². The number of hydrogen-bond donors (Lipinski definition) is 0. The highest BCUT2D eigenvalue weighted by molar-refractivity contribution is 9.10. The molecule has 0 saturated heterocycles. The first-order valence-corrected chi connectivity index (χ1v) is 13.6. The van der Waals surface area contributed by atoms with Gasteiger partial charge in [-0.25, -0.2) is 4.98 Å². The number of fused-ring (bicyclic) bond motifs is 2. The minimum Gasteiger partial charge on any atom is -0.493 e. The van der Waals surface area contributed by atoms with E-state index in [0.717, 1.165) is 20.8 Å². The summed E-state index contributed by atoms with van der Waals surface area (Å²) in [7, 11) is 1.56. The summed E-state index contributed by atoms with van der Waals surface area (Å²) in [5.41, 5.74) is 1.50. The molecule has 5 rings (SSSR count). The lowest BCUT2D eigenvalue weighted by Gasteiger charge is -2.21. The van der Waals surface area contributed by atoms with Crippen molar-refractivity contribution in [1.29, 1.82) is 0 Å². The lowest BCUT2D eigenvalue weighted by molar-refractivity contribution is 0.285. The third kappa shape index (κ3) is 5.56. The Morgan fingerprint density at radius 3 is 2.56 bits per heavy atom. The van der Waals surface area contributed by atoms with Crippen LogP contribution < -0.4 is 15.0 Å². The highest BCUT2D eigenvalue weighted by Gasteiger charge is 2.23. The first-order chi connectivity index (χ1) is 18.7. The van der Waals surface area contributed by atoms with Gasteiger partial charge in [0, 0.05) is 26.5 Å². The van der Waals surface area contributed by atoms with Gasteiger partial charge in [-0.2, -0.15) is 9.78 Å². The van der Waals surface area contributed by atoms with E-state index in [1.165, 1.54) is 4.68 Å². The molecule has 0 aliphatic rings. The number of methoxy groups -OCH3 is 1. The average molecular weight is 605 g/mol. The Bertz CT molecular complexity index is 1790. The number of aromatic nitrogens is 2. The molecule has 1 heterocycles. The van der Waals surface area contributed by atoms with Crippen molar-refractivity contribution in [1.82, 2.24) is 9.66 Å². The van der Waals surface area contributed by atoms with Crippen LogP contribution in [0.1, 0.15) is 37.7 Å². The van der Waals surface area contributed by atoms with Crippen LogP contribution in [-0.2, 0) is 12.0 Å². The number of rotatable bonds is 6. The van der Waals surface area contributed by atoms with Crippen LogP contribution in [0, 0.1) is 0 Å². The molecule has 4 aromatic carbocycles. The Balaban J connectivity index is 1.60. The zero-order chi connectivity index (χ0) is 27.7. The van der Waals surface area contributed by atoms with E-state index in [-0.39, 0.29) is 5.56 Å². The number of hydrogen-bond acceptors (Lipinski definition) is 5. The van der Waals surface area contributed by atoms with E-state index in [1.54, 1.807) is 31.5 Å². The maximum Gasteiger partial charge on any atom is 0.282 e. The molecule has 0 spiro atoms. The van der Waals surface area contributed by atoms with Gasteiger partial charge in [0.1, 0.15) is 12.4 Å². The second kappa shape index (κ2) is 10.8. The summed E-state index contributed by atoms with van der Waals surface area (Å²) in [5, 5.41) is 7.77. The van der Waals surface area contributed by atoms with Gasteiger partial charge >= 0.3 is 0 Å². The molecule has 0 amide bonds. The molecular weight excluding hydrogens is 578 g/mol. The number of benzene rings is 4. The minimum absolute atomic E-state index is 0.269. The normalized spacial score (nSPS) is 11.9. The van der Waals surface area contributed by atoms with Gasteiger partial charge in [-0.1, -0.05) is 90.8 Å². The van der Waals surface area contributed by atoms with Gasteiger partial charge in [-0.05, 0) is 40.6 Å². The zero-order valence-electron chi connectivity index (χ0n) is 22.0. The standard InChI is InChI=1S/C31H27BrClN3O3/c1-31(2,3)30-35-26-13-12-22(32)15-25(26)29(37)36(30)34-17-21-14-23(33)16-27(38-4)28(21)39-18-20-10-7-9-19-8-5-6-11-24(19)20/h5-17H,18H2,1-4H3. The van der Waals surface area contributed by atoms with E-state index in [2.05, 4.69) is 39.2 Å². The third-order valence-corrected chi connectivity index (χ3v) is 7.02. The van der Waals surface area contributed by atoms with Crippen molar-refractivity contribution in [2.75, 3.05) is 7.11 Å². The van der Waals surface area contributed by atoms with Gasteiger partial charge < -0.3 is 9.47 Å². The van der Waals surface area contributed by atoms with Crippen molar-refractivity contribution in [3.05, 3.63) is 110 Å². The summed E-state index contributed by atoms with van der Waals surface area (Å²) in [5.74, 6) is 1.47. The highest BCUT2D eigenvalue weighted by atomic mass is 79.9. The molecule has 0 N–H and O–H groups in total. The Hall–Kier alpha value is -3.68. The predicted octanol–water partition coefficient (Wildman–Crippen LogP) is 7.73. The van der Waals surface area contributed by atoms with Crippen LogP contribution in [0.2, 0.25) is 5.02 Å². The summed E-state index contributed by atoms with van der Waals surface area (Å²) in [6.45, 7) is 6.28. The van der Waals surface area contributed by atoms with Crippen LogP contribution in [0.3, 0.4) is 0 Å². The predicted molar refractivity (Wildman–Crippen MR) is 162 cm³/mol. The van der Waals surface area contributed by atoms with Crippen molar-refractivity contribution in [3.63, 3.8) is 0 Å². The van der Waals surface area contributed by atoms with Crippen molar-refractivity contribution in [2.24, 2.45) is 5.10 Å². The molecule has 0 saturated carbocycles. The molecule has 0 unspecified atom stereocenters. The molecule has 1 aromatic heterocycles. The van der Waals surface area contributed by atoms with Crippen molar-refractivity contribution in [3.8, 4) is 11.5 Å². The summed E-state index contributed by atoms with van der Waals surface area (Å²) in [4.78, 5) is 18.4. The minimum atomic E-state index is -0.447. The summed E-state index contributed by atoms with van der Waals surface area (Å²) < 4.78 is 14.1. The van der Waals surface area contributed by atoms with E-state index in [4.69, 9.17) is 26.1 Å². The van der Waals surface area contributed by atoms with Crippen LogP contribution in [-0.4, -0.2) is 23.0 Å². The monoisotopic (exact) mass is 603 g/mol. The molecular formula is C31H27BrClN3O3. The van der Waals surface area contributed by atoms with E-state index >= 15 is 0 Å². The van der Waals surface area contributed by atoms with Gasteiger partial charge in [-0.15, -0.1) is 0 Å². The Morgan fingerprint density at radius 1 is 1.03 bits per heavy atom. The first kappa shape index (κ1) is 26.9. The van der Waals surface area contributed by atoms with E-state index in [1.807, 2.05) is 57.2 Å². The SMILES string of the molecule is COc1cc(Cl)cc(C=Nn2c(C(C)(C)C)nc3ccc(Br)cc3c2=O)c1OCc1cccc2ccccc12. The van der Waals surface area contributed by atoms with Gasteiger partial charge in [0.2, 0.25) is 0 Å². The maximum atomic E-state index is 13.6. The average Bonchev–Trinajstić information content (AvgIpc) is 2.91. The number of ether oxygens (including phenoxy) is 2. The smallest absolute Gasteiger partial charge is 0.282 e. The molecule has 0 fully saturated rings. The summed E-state index contributed by atoms with van der Waals surface area (Å²) >= 11 is 9.88. The largest absolute Gasteiger partial charge is 0.493 e. The molecule has 0 aliphatic heterocycles. The van der Waals surface area contributed by atoms with E-state index in [9.17, 15) is 4.79 Å². The Labute approximate surface area is 240 Å². The molecule has 0 aliphatic carbocycles. The van der Waals surface area contributed by atoms with Crippen LogP contribution >= 0.6 is 27.5 Å². The van der Waals surface area contributed by atoms with Crippen molar-refractivity contribution >= 4 is 55.4 Å². The zero-order valence-corrected chi connectivity index (χ0v) is 24.4. The fourth-order valence-corrected chi connectivity index (χ4v) is 5.00. The van der Waals surface area contributed by atoms with Gasteiger partial charge in [0.25, 0.3) is 5.56 Å². The summed E-state index contributed by atoms with van der Waals surface area (Å²) in [6, 6.07) is 23.1. The Morgan fingerprint density at radius 2 is 1.79 bits per heavy atom. The Kier molecular flexibility index (Phi) is 7.47. The lowest BCUT2D eigenvalue weighted by atomic mass is 9.95. The van der Waals surface area contributed by atoms with Crippen molar-refractivity contribution < 1.29 is 9.47 Å². The molecule has 6 nitrogen and oxygen atoms in total. The van der Waals surface area contributed by atoms with Crippen LogP contribution in [0.15, 0.2) is 87.2 Å². The van der Waals surface area contributed by atoms with Crippen LogP contribution in [0.4, 0.5) is 0 Å². The lowest BCUT2D eigenvalue weighted by Crippen LogP contribution is -2.29. The number of nitrogens with zero attached hydrogens (tertiary/aromatic N) is 3. The van der Waals surface area contributed by atoms with Crippen LogP contribution in [0.25, 0.3) is 21.7 Å². The molecule has 0 bridgehead atoms. The maximum absolute atomic E-state index is 13.6. The quantitative estimate of drug-likeness (QED) is 0.186. The molecule has 198 valence electrons. The van der Waals surface area contributed by atoms with Crippen LogP contribution in [0.5, 0.6) is 11.5 Å². The van der Waals surface area contributed by atoms with Gasteiger partial charge in [0.05, 0.1) is 24.2 Å². The second-order valence-electron chi connectivity index (χ2n) is 10.2. The first-order valence-electron chi connectivity index (χ1n) is 12.4. The molecule has 0 radical (unpaired) electrons. The fraction of sp³-hybridized carbons (Fsp3) is 0.194. The number of halogens is 2. The second-order valence-corrected chi connectivity index (χ2v) is 11.5. The third-order valence-electron chi connectivity index (χ3n) is 6.31. The van der Waals surface area contributed by atoms with E-state index < -0.39 is 5.41 Å². The molecule has 39 heavy (non-hydrogen) atoms. The summed E-state index contributed by atoms with van der Waals surface area (Å²) in [6.07, 6.45) is 1.56. The molecule has 5 aromatic rings. The molecule has 8 heteroatoms. The van der Waals surface area contributed by atoms with E-state index in [0.29, 0.717) is 45.4 Å². The molecule has 0 atom stereocenters. The fourth-order valence-electron chi connectivity index (χ4n) is 4.42.